The van der Waals surface area contributed by atoms with Gasteiger partial charge in [-0.25, -0.2) is 8.42 Å². The van der Waals surface area contributed by atoms with Gasteiger partial charge in [-0.1, -0.05) is 12.1 Å². The number of nitrogens with one attached hydrogen (secondary N) is 1. The first kappa shape index (κ1) is 16.4. The highest BCUT2D eigenvalue weighted by Gasteiger charge is 2.39. The number of ether oxygens (including phenoxy) is 1. The van der Waals surface area contributed by atoms with Crippen LogP contribution in [0.2, 0.25) is 0 Å². The predicted octanol–water partition coefficient (Wildman–Crippen LogP) is 1.77. The Balaban J connectivity index is 2.39. The van der Waals surface area contributed by atoms with E-state index in [9.17, 15) is 8.42 Å². The zero-order valence-corrected chi connectivity index (χ0v) is 13.9. The molecule has 1 saturated heterocycles. The van der Waals surface area contributed by atoms with E-state index in [1.807, 2.05) is 33.9 Å². The Bertz CT molecular complexity index is 599. The third-order valence-electron chi connectivity index (χ3n) is 3.95. The van der Waals surface area contributed by atoms with Gasteiger partial charge in [-0.3, -0.25) is 0 Å². The van der Waals surface area contributed by atoms with Gasteiger partial charge in [-0.05, 0) is 45.5 Å². The van der Waals surface area contributed by atoms with Crippen molar-refractivity contribution in [1.29, 1.82) is 0 Å². The predicted molar refractivity (Wildman–Crippen MR) is 82.7 cm³/mol. The van der Waals surface area contributed by atoms with E-state index in [1.165, 1.54) is 0 Å². The summed E-state index contributed by atoms with van der Waals surface area (Å²) in [5.74, 6) is 0. The smallest absolute Gasteiger partial charge is 0.243 e. The van der Waals surface area contributed by atoms with Gasteiger partial charge in [-0.15, -0.1) is 0 Å². The third-order valence-corrected chi connectivity index (χ3v) is 6.06. The van der Waals surface area contributed by atoms with E-state index in [1.54, 1.807) is 22.5 Å². The molecule has 1 fully saturated rings. The van der Waals surface area contributed by atoms with Crippen LogP contribution in [-0.4, -0.2) is 45.1 Å². The lowest BCUT2D eigenvalue weighted by molar-refractivity contribution is -0.00771. The van der Waals surface area contributed by atoms with Crippen molar-refractivity contribution >= 4 is 10.0 Å². The van der Waals surface area contributed by atoms with Gasteiger partial charge in [0.2, 0.25) is 10.0 Å². The number of morpholine rings is 1. The van der Waals surface area contributed by atoms with Crippen LogP contribution in [0.3, 0.4) is 0 Å². The quantitative estimate of drug-likeness (QED) is 0.920. The van der Waals surface area contributed by atoms with E-state index in [-0.39, 0.29) is 6.04 Å². The normalized spacial score (nSPS) is 21.1. The number of hydrogen-bond donors (Lipinski definition) is 1. The Morgan fingerprint density at radius 1 is 1.38 bits per heavy atom. The van der Waals surface area contributed by atoms with Crippen molar-refractivity contribution in [3.63, 3.8) is 0 Å². The van der Waals surface area contributed by atoms with E-state index >= 15 is 0 Å². The van der Waals surface area contributed by atoms with Crippen molar-refractivity contribution in [2.75, 3.05) is 26.8 Å². The molecule has 1 heterocycles. The van der Waals surface area contributed by atoms with Crippen LogP contribution >= 0.6 is 0 Å². The lowest BCUT2D eigenvalue weighted by atomic mass is 10.1. The number of benzene rings is 1. The van der Waals surface area contributed by atoms with Crippen LogP contribution in [0.15, 0.2) is 29.2 Å². The van der Waals surface area contributed by atoms with Gasteiger partial charge in [0.25, 0.3) is 0 Å². The van der Waals surface area contributed by atoms with Crippen LogP contribution in [0, 0.1) is 0 Å². The van der Waals surface area contributed by atoms with Crippen LogP contribution < -0.4 is 5.32 Å². The summed E-state index contributed by atoms with van der Waals surface area (Å²) in [5.41, 5.74) is 0.437. The first-order valence-corrected chi connectivity index (χ1v) is 8.61. The molecule has 118 valence electrons. The van der Waals surface area contributed by atoms with E-state index < -0.39 is 15.6 Å². The Hall–Kier alpha value is -0.950. The maximum atomic E-state index is 12.9. The molecule has 0 radical (unpaired) electrons. The van der Waals surface area contributed by atoms with Gasteiger partial charge in [-0.2, -0.15) is 4.31 Å². The second kappa shape index (κ2) is 6.04. The Morgan fingerprint density at radius 2 is 2.10 bits per heavy atom. The Kier molecular flexibility index (Phi) is 4.72. The molecule has 1 N–H and O–H groups in total. The molecule has 1 atom stereocenters. The number of nitrogens with zero attached hydrogens (tertiary/aromatic N) is 1. The molecule has 6 heteroatoms. The molecule has 0 saturated carbocycles. The highest BCUT2D eigenvalue weighted by atomic mass is 32.2. The van der Waals surface area contributed by atoms with Crippen LogP contribution in [0.5, 0.6) is 0 Å². The van der Waals surface area contributed by atoms with Crippen LogP contribution in [0.1, 0.15) is 32.4 Å². The zero-order valence-electron chi connectivity index (χ0n) is 13.1. The van der Waals surface area contributed by atoms with Crippen molar-refractivity contribution in [3.8, 4) is 0 Å². The van der Waals surface area contributed by atoms with Gasteiger partial charge >= 0.3 is 0 Å². The molecule has 1 aliphatic rings. The van der Waals surface area contributed by atoms with Crippen LogP contribution in [-0.2, 0) is 14.8 Å². The highest BCUT2D eigenvalue weighted by molar-refractivity contribution is 7.89. The summed E-state index contributed by atoms with van der Waals surface area (Å²) in [5, 5.41) is 3.13. The van der Waals surface area contributed by atoms with E-state index in [2.05, 4.69) is 5.32 Å². The maximum absolute atomic E-state index is 12.9. The first-order valence-electron chi connectivity index (χ1n) is 7.17. The molecule has 0 amide bonds. The first-order chi connectivity index (χ1) is 9.79. The number of rotatable bonds is 4. The molecule has 0 aromatic heterocycles. The van der Waals surface area contributed by atoms with E-state index in [4.69, 9.17) is 4.74 Å². The van der Waals surface area contributed by atoms with Gasteiger partial charge in [0, 0.05) is 12.6 Å². The topological polar surface area (TPSA) is 58.6 Å². The second-order valence-electron chi connectivity index (χ2n) is 6.03. The Labute approximate surface area is 127 Å². The minimum atomic E-state index is -3.51. The molecular formula is C15H24N2O3S. The van der Waals surface area contributed by atoms with Crippen molar-refractivity contribution in [3.05, 3.63) is 29.8 Å². The average molecular weight is 312 g/mol. The molecule has 1 aromatic rings. The van der Waals surface area contributed by atoms with E-state index in [0.717, 1.165) is 5.56 Å². The lowest BCUT2D eigenvalue weighted by Crippen LogP contribution is -2.55. The van der Waals surface area contributed by atoms with Crippen LogP contribution in [0.4, 0.5) is 0 Å². The fourth-order valence-corrected chi connectivity index (χ4v) is 4.34. The van der Waals surface area contributed by atoms with E-state index in [0.29, 0.717) is 24.7 Å². The van der Waals surface area contributed by atoms with Gasteiger partial charge in [0.1, 0.15) is 0 Å². The highest BCUT2D eigenvalue weighted by Crippen LogP contribution is 2.28. The fraction of sp³-hybridized carbons (Fsp3) is 0.600. The zero-order chi connectivity index (χ0) is 15.7. The van der Waals surface area contributed by atoms with Crippen LogP contribution in [0.25, 0.3) is 0 Å². The summed E-state index contributed by atoms with van der Waals surface area (Å²) in [6.45, 7) is 7.03. The summed E-state index contributed by atoms with van der Waals surface area (Å²) in [6.07, 6.45) is 0. The average Bonchev–Trinajstić information content (AvgIpc) is 2.45. The van der Waals surface area contributed by atoms with Gasteiger partial charge in [0.05, 0.1) is 23.6 Å². The number of hydrogen-bond acceptors (Lipinski definition) is 4. The standard InChI is InChI=1S/C15H24N2O3S/c1-12(16-4)13-6-5-7-14(10-13)21(18,19)17-8-9-20-11-15(17,2)3/h5-7,10,12,16H,8-9,11H2,1-4H3. The van der Waals surface area contributed by atoms with Gasteiger partial charge < -0.3 is 10.1 Å². The fourth-order valence-electron chi connectivity index (χ4n) is 2.53. The van der Waals surface area contributed by atoms with Crippen molar-refractivity contribution in [2.45, 2.75) is 37.2 Å². The summed E-state index contributed by atoms with van der Waals surface area (Å²) in [7, 11) is -1.65. The molecule has 0 bridgehead atoms. The monoisotopic (exact) mass is 312 g/mol. The summed E-state index contributed by atoms with van der Waals surface area (Å²) in [4.78, 5) is 0.345. The molecule has 0 aliphatic carbocycles. The molecule has 21 heavy (non-hydrogen) atoms. The molecule has 0 spiro atoms. The minimum absolute atomic E-state index is 0.109. The molecule has 5 nitrogen and oxygen atoms in total. The minimum Gasteiger partial charge on any atom is -0.378 e. The Morgan fingerprint density at radius 3 is 2.71 bits per heavy atom. The maximum Gasteiger partial charge on any atom is 0.243 e. The SMILES string of the molecule is CNC(C)c1cccc(S(=O)(=O)N2CCOCC2(C)C)c1. The van der Waals surface area contributed by atoms with Crippen molar-refractivity contribution in [2.24, 2.45) is 0 Å². The molecule has 2 rings (SSSR count). The molecule has 1 unspecified atom stereocenters. The second-order valence-corrected chi connectivity index (χ2v) is 7.89. The molecule has 1 aromatic carbocycles. The summed E-state index contributed by atoms with van der Waals surface area (Å²) < 4.78 is 32.8. The molecule has 1 aliphatic heterocycles. The number of sulfonamides is 1. The van der Waals surface area contributed by atoms with Gasteiger partial charge in [0.15, 0.2) is 0 Å². The molecular weight excluding hydrogens is 288 g/mol. The summed E-state index contributed by atoms with van der Waals surface area (Å²) >= 11 is 0. The van der Waals surface area contributed by atoms with Crippen molar-refractivity contribution < 1.29 is 13.2 Å². The van der Waals surface area contributed by atoms with Crippen molar-refractivity contribution in [1.82, 2.24) is 9.62 Å². The third kappa shape index (κ3) is 3.29. The summed E-state index contributed by atoms with van der Waals surface area (Å²) in [6, 6.07) is 7.25. The lowest BCUT2D eigenvalue weighted by Gasteiger charge is -2.40. The largest absolute Gasteiger partial charge is 0.378 e.